The van der Waals surface area contributed by atoms with E-state index in [0.29, 0.717) is 0 Å². The van der Waals surface area contributed by atoms with E-state index in [4.69, 9.17) is 0 Å². The van der Waals surface area contributed by atoms with Gasteiger partial charge < -0.3 is 5.11 Å². The topological polar surface area (TPSA) is 20.2 Å². The van der Waals surface area contributed by atoms with Crippen molar-refractivity contribution in [3.8, 4) is 0 Å². The van der Waals surface area contributed by atoms with E-state index in [2.05, 4.69) is 31.2 Å². The van der Waals surface area contributed by atoms with Gasteiger partial charge >= 0.3 is 0 Å². The van der Waals surface area contributed by atoms with Gasteiger partial charge in [0.2, 0.25) is 0 Å². The van der Waals surface area contributed by atoms with Crippen molar-refractivity contribution in [3.05, 3.63) is 41.5 Å². The average molecular weight is 188 g/mol. The van der Waals surface area contributed by atoms with E-state index in [-0.39, 0.29) is 6.10 Å². The minimum absolute atomic E-state index is 0.153. The Bertz CT molecular complexity index is 338. The molecule has 1 aromatic carbocycles. The van der Waals surface area contributed by atoms with Crippen LogP contribution in [-0.4, -0.2) is 11.2 Å². The number of aliphatic hydroxyl groups excluding tert-OH is 1. The molecule has 1 aromatic rings. The molecule has 0 fully saturated rings. The molecule has 0 heterocycles. The summed E-state index contributed by atoms with van der Waals surface area (Å²) in [4.78, 5) is 0. The standard InChI is InChI=1S/C13H16O/c1-2-10-8-12(14)9-13(10)11-6-4-3-5-7-11/h3-7,12,14H,2,8-9H2,1H3. The molecule has 0 bridgehead atoms. The van der Waals surface area contributed by atoms with Crippen molar-refractivity contribution in [2.45, 2.75) is 32.3 Å². The SMILES string of the molecule is CCC1=C(c2ccccc2)CC(O)C1. The molecule has 0 saturated carbocycles. The zero-order valence-electron chi connectivity index (χ0n) is 8.53. The van der Waals surface area contributed by atoms with Crippen molar-refractivity contribution in [2.75, 3.05) is 0 Å². The second-order valence-corrected chi connectivity index (χ2v) is 3.86. The van der Waals surface area contributed by atoms with Crippen LogP contribution in [0.1, 0.15) is 31.7 Å². The number of benzene rings is 1. The van der Waals surface area contributed by atoms with Gasteiger partial charge in [0, 0.05) is 0 Å². The Morgan fingerprint density at radius 1 is 1.21 bits per heavy atom. The maximum absolute atomic E-state index is 9.62. The summed E-state index contributed by atoms with van der Waals surface area (Å²) in [5, 5.41) is 9.62. The Labute approximate surface area is 85.1 Å². The van der Waals surface area contributed by atoms with Crippen molar-refractivity contribution in [2.24, 2.45) is 0 Å². The van der Waals surface area contributed by atoms with E-state index < -0.39 is 0 Å². The lowest BCUT2D eigenvalue weighted by Crippen LogP contribution is -1.98. The van der Waals surface area contributed by atoms with Gasteiger partial charge in [0.15, 0.2) is 0 Å². The van der Waals surface area contributed by atoms with Crippen LogP contribution in [0.3, 0.4) is 0 Å². The normalized spacial score (nSPS) is 21.7. The van der Waals surface area contributed by atoms with E-state index >= 15 is 0 Å². The summed E-state index contributed by atoms with van der Waals surface area (Å²) in [7, 11) is 0. The van der Waals surface area contributed by atoms with Crippen LogP contribution in [0.5, 0.6) is 0 Å². The summed E-state index contributed by atoms with van der Waals surface area (Å²) in [6.45, 7) is 2.16. The minimum Gasteiger partial charge on any atom is -0.392 e. The van der Waals surface area contributed by atoms with E-state index in [1.165, 1.54) is 16.7 Å². The van der Waals surface area contributed by atoms with Crippen LogP contribution in [0.4, 0.5) is 0 Å². The first-order valence-electron chi connectivity index (χ1n) is 5.25. The Kier molecular flexibility index (Phi) is 2.69. The monoisotopic (exact) mass is 188 g/mol. The second-order valence-electron chi connectivity index (χ2n) is 3.86. The molecule has 1 atom stereocenters. The zero-order valence-corrected chi connectivity index (χ0v) is 8.53. The van der Waals surface area contributed by atoms with Gasteiger partial charge in [0.05, 0.1) is 6.10 Å². The molecule has 0 radical (unpaired) electrons. The van der Waals surface area contributed by atoms with Crippen molar-refractivity contribution < 1.29 is 5.11 Å². The first-order chi connectivity index (χ1) is 6.81. The number of hydrogen-bond donors (Lipinski definition) is 1. The third kappa shape index (κ3) is 1.73. The third-order valence-electron chi connectivity index (χ3n) is 2.90. The summed E-state index contributed by atoms with van der Waals surface area (Å²) >= 11 is 0. The molecule has 0 aromatic heterocycles. The predicted octanol–water partition coefficient (Wildman–Crippen LogP) is 3.00. The molecular weight excluding hydrogens is 172 g/mol. The van der Waals surface area contributed by atoms with Crippen LogP contribution in [0.25, 0.3) is 5.57 Å². The molecule has 74 valence electrons. The molecule has 1 N–H and O–H groups in total. The summed E-state index contributed by atoms with van der Waals surface area (Å²) in [5.41, 5.74) is 4.06. The number of hydrogen-bond acceptors (Lipinski definition) is 1. The van der Waals surface area contributed by atoms with Crippen LogP contribution in [0, 0.1) is 0 Å². The van der Waals surface area contributed by atoms with Crippen molar-refractivity contribution in [3.63, 3.8) is 0 Å². The maximum Gasteiger partial charge on any atom is 0.0618 e. The smallest absolute Gasteiger partial charge is 0.0618 e. The van der Waals surface area contributed by atoms with Gasteiger partial charge in [-0.1, -0.05) is 42.8 Å². The second kappa shape index (κ2) is 3.97. The average Bonchev–Trinajstić information content (AvgIpc) is 2.61. The van der Waals surface area contributed by atoms with E-state index in [1.807, 2.05) is 6.07 Å². The van der Waals surface area contributed by atoms with Crippen LogP contribution < -0.4 is 0 Å². The molecule has 1 nitrogen and oxygen atoms in total. The lowest BCUT2D eigenvalue weighted by molar-refractivity contribution is 0.188. The first kappa shape index (κ1) is 9.47. The van der Waals surface area contributed by atoms with Crippen LogP contribution >= 0.6 is 0 Å². The van der Waals surface area contributed by atoms with Gasteiger partial charge in [-0.05, 0) is 30.4 Å². The Hall–Kier alpha value is -1.08. The van der Waals surface area contributed by atoms with E-state index in [9.17, 15) is 5.11 Å². The maximum atomic E-state index is 9.62. The summed E-state index contributed by atoms with van der Waals surface area (Å²) in [5.74, 6) is 0. The molecule has 0 amide bonds. The summed E-state index contributed by atoms with van der Waals surface area (Å²) in [6, 6.07) is 10.4. The molecule has 0 spiro atoms. The Morgan fingerprint density at radius 2 is 1.93 bits per heavy atom. The predicted molar refractivity (Wildman–Crippen MR) is 58.9 cm³/mol. The van der Waals surface area contributed by atoms with E-state index in [0.717, 1.165) is 19.3 Å². The molecule has 1 aliphatic carbocycles. The lowest BCUT2D eigenvalue weighted by Gasteiger charge is -2.04. The van der Waals surface area contributed by atoms with Gasteiger partial charge in [-0.15, -0.1) is 0 Å². The highest BCUT2D eigenvalue weighted by Crippen LogP contribution is 2.35. The molecule has 1 unspecified atom stereocenters. The van der Waals surface area contributed by atoms with Crippen LogP contribution in [-0.2, 0) is 0 Å². The fraction of sp³-hybridized carbons (Fsp3) is 0.385. The highest BCUT2D eigenvalue weighted by atomic mass is 16.3. The largest absolute Gasteiger partial charge is 0.392 e. The van der Waals surface area contributed by atoms with Gasteiger partial charge in [-0.2, -0.15) is 0 Å². The quantitative estimate of drug-likeness (QED) is 0.756. The van der Waals surface area contributed by atoms with Crippen molar-refractivity contribution in [1.29, 1.82) is 0 Å². The molecule has 0 saturated heterocycles. The molecule has 1 heteroatoms. The van der Waals surface area contributed by atoms with Gasteiger partial charge in [-0.3, -0.25) is 0 Å². The highest BCUT2D eigenvalue weighted by molar-refractivity contribution is 5.71. The first-order valence-corrected chi connectivity index (χ1v) is 5.25. The summed E-state index contributed by atoms with van der Waals surface area (Å²) in [6.07, 6.45) is 2.59. The van der Waals surface area contributed by atoms with Crippen molar-refractivity contribution >= 4 is 5.57 Å². The van der Waals surface area contributed by atoms with Crippen LogP contribution in [0.15, 0.2) is 35.9 Å². The van der Waals surface area contributed by atoms with Gasteiger partial charge in [0.25, 0.3) is 0 Å². The van der Waals surface area contributed by atoms with Crippen molar-refractivity contribution in [1.82, 2.24) is 0 Å². The fourth-order valence-corrected chi connectivity index (χ4v) is 2.18. The highest BCUT2D eigenvalue weighted by Gasteiger charge is 2.21. The minimum atomic E-state index is -0.153. The molecule has 0 aliphatic heterocycles. The molecule has 2 rings (SSSR count). The molecule has 1 aliphatic rings. The fourth-order valence-electron chi connectivity index (χ4n) is 2.18. The number of aliphatic hydroxyl groups is 1. The van der Waals surface area contributed by atoms with Gasteiger partial charge in [-0.25, -0.2) is 0 Å². The number of rotatable bonds is 2. The Morgan fingerprint density at radius 3 is 2.57 bits per heavy atom. The zero-order chi connectivity index (χ0) is 9.97. The molecular formula is C13H16O. The van der Waals surface area contributed by atoms with E-state index in [1.54, 1.807) is 0 Å². The molecule has 14 heavy (non-hydrogen) atoms. The van der Waals surface area contributed by atoms with Gasteiger partial charge in [0.1, 0.15) is 0 Å². The third-order valence-corrected chi connectivity index (χ3v) is 2.90. The van der Waals surface area contributed by atoms with Crippen LogP contribution in [0.2, 0.25) is 0 Å². The lowest BCUT2D eigenvalue weighted by atomic mass is 10.0. The summed E-state index contributed by atoms with van der Waals surface area (Å²) < 4.78 is 0. The Balaban J connectivity index is 2.33.